The molecule has 19 heavy (non-hydrogen) atoms. The number of hydrogen-bond donors (Lipinski definition) is 2. The summed E-state index contributed by atoms with van der Waals surface area (Å²) in [5.41, 5.74) is 0. The molecular weight excluding hydrogens is 242 g/mol. The first-order valence-electron chi connectivity index (χ1n) is 7.34. The smallest absolute Gasteiger partial charge is 0.240 e. The van der Waals surface area contributed by atoms with E-state index in [0.717, 1.165) is 25.9 Å². The number of carbonyl (C=O) groups is 1. The maximum absolute atomic E-state index is 12.6. The fraction of sp³-hybridized carbons (Fsp3) is 0.929. The topological polar surface area (TPSA) is 55.8 Å². The summed E-state index contributed by atoms with van der Waals surface area (Å²) in [7, 11) is 4.02. The number of nitrogens with one attached hydrogen (secondary N) is 1. The number of likely N-dealkylation sites (tertiary alicyclic amines) is 1. The molecule has 2 N–H and O–H groups in total. The van der Waals surface area contributed by atoms with Gasteiger partial charge in [-0.2, -0.15) is 0 Å². The van der Waals surface area contributed by atoms with E-state index in [1.165, 1.54) is 0 Å². The fourth-order valence-electron chi connectivity index (χ4n) is 3.25. The molecule has 5 heteroatoms. The average Bonchev–Trinajstić information content (AvgIpc) is 2.68. The van der Waals surface area contributed by atoms with Crippen molar-refractivity contribution in [1.82, 2.24) is 15.1 Å². The second kappa shape index (κ2) is 6.20. The van der Waals surface area contributed by atoms with Crippen molar-refractivity contribution < 1.29 is 9.90 Å². The van der Waals surface area contributed by atoms with Crippen LogP contribution < -0.4 is 5.32 Å². The molecule has 0 aromatic heterocycles. The van der Waals surface area contributed by atoms with E-state index in [1.54, 1.807) is 0 Å². The summed E-state index contributed by atoms with van der Waals surface area (Å²) in [4.78, 5) is 16.6. The van der Waals surface area contributed by atoms with Gasteiger partial charge in [-0.3, -0.25) is 4.79 Å². The summed E-state index contributed by atoms with van der Waals surface area (Å²) >= 11 is 0. The van der Waals surface area contributed by atoms with Crippen LogP contribution in [-0.4, -0.2) is 72.7 Å². The van der Waals surface area contributed by atoms with Crippen LogP contribution >= 0.6 is 0 Å². The van der Waals surface area contributed by atoms with Gasteiger partial charge in [0.25, 0.3) is 0 Å². The lowest BCUT2D eigenvalue weighted by molar-refractivity contribution is -0.135. The van der Waals surface area contributed by atoms with E-state index < -0.39 is 0 Å². The van der Waals surface area contributed by atoms with E-state index in [0.29, 0.717) is 18.9 Å². The number of aliphatic hydroxyl groups excluding tert-OH is 1. The van der Waals surface area contributed by atoms with Crippen LogP contribution in [0.5, 0.6) is 0 Å². The third kappa shape index (κ3) is 3.68. The van der Waals surface area contributed by atoms with Gasteiger partial charge in [-0.05, 0) is 45.8 Å². The van der Waals surface area contributed by atoms with Gasteiger partial charge >= 0.3 is 0 Å². The third-order valence-corrected chi connectivity index (χ3v) is 4.22. The lowest BCUT2D eigenvalue weighted by Crippen LogP contribution is -2.52. The minimum absolute atomic E-state index is 0.0567. The second-order valence-electron chi connectivity index (χ2n) is 6.43. The number of hydrogen-bond acceptors (Lipinski definition) is 4. The predicted octanol–water partition coefficient (Wildman–Crippen LogP) is -0.102. The molecule has 4 atom stereocenters. The number of rotatable bonds is 3. The Morgan fingerprint density at radius 1 is 1.42 bits per heavy atom. The van der Waals surface area contributed by atoms with Crippen LogP contribution in [0.2, 0.25) is 0 Å². The molecule has 2 aliphatic rings. The number of likely N-dealkylation sites (N-methyl/N-ethyl adjacent to an activating group) is 1. The second-order valence-corrected chi connectivity index (χ2v) is 6.43. The zero-order valence-corrected chi connectivity index (χ0v) is 12.3. The third-order valence-electron chi connectivity index (χ3n) is 4.22. The normalized spacial score (nSPS) is 35.9. The van der Waals surface area contributed by atoms with Gasteiger partial charge in [0.15, 0.2) is 0 Å². The molecule has 2 rings (SSSR count). The summed E-state index contributed by atoms with van der Waals surface area (Å²) in [6.07, 6.45) is 2.40. The summed E-state index contributed by atoms with van der Waals surface area (Å²) < 4.78 is 0. The standard InChI is InChI=1S/C14H27N3O2/c1-10-4-5-15-13(6-10)14(19)17-9-12(18)7-11(17)8-16(2)3/h10-13,15,18H,4-9H2,1-3H3. The SMILES string of the molecule is CC1CCNC(C(=O)N2CC(O)CC2CN(C)C)C1. The van der Waals surface area contributed by atoms with E-state index in [9.17, 15) is 9.90 Å². The van der Waals surface area contributed by atoms with Crippen molar-refractivity contribution in [3.8, 4) is 0 Å². The first-order chi connectivity index (χ1) is 8.97. The van der Waals surface area contributed by atoms with Gasteiger partial charge in [0.05, 0.1) is 12.1 Å². The number of piperidine rings is 1. The monoisotopic (exact) mass is 269 g/mol. The highest BCUT2D eigenvalue weighted by atomic mass is 16.3. The molecule has 110 valence electrons. The van der Waals surface area contributed by atoms with Crippen LogP contribution in [-0.2, 0) is 4.79 Å². The molecule has 2 saturated heterocycles. The Balaban J connectivity index is 1.99. The van der Waals surface area contributed by atoms with Crippen molar-refractivity contribution >= 4 is 5.91 Å². The first kappa shape index (κ1) is 14.8. The molecule has 0 bridgehead atoms. The number of aliphatic hydroxyl groups is 1. The van der Waals surface area contributed by atoms with E-state index in [-0.39, 0.29) is 24.1 Å². The van der Waals surface area contributed by atoms with Crippen LogP contribution in [0.15, 0.2) is 0 Å². The Bertz CT molecular complexity index is 322. The van der Waals surface area contributed by atoms with Gasteiger partial charge < -0.3 is 20.2 Å². The highest BCUT2D eigenvalue weighted by Crippen LogP contribution is 2.23. The first-order valence-corrected chi connectivity index (χ1v) is 7.34. The molecule has 2 aliphatic heterocycles. The number of amides is 1. The Hall–Kier alpha value is -0.650. The lowest BCUT2D eigenvalue weighted by atomic mass is 9.93. The van der Waals surface area contributed by atoms with E-state index in [4.69, 9.17) is 0 Å². The van der Waals surface area contributed by atoms with Crippen molar-refractivity contribution in [3.05, 3.63) is 0 Å². The molecule has 0 saturated carbocycles. The quantitative estimate of drug-likeness (QED) is 0.751. The van der Waals surface area contributed by atoms with Crippen molar-refractivity contribution in [3.63, 3.8) is 0 Å². The van der Waals surface area contributed by atoms with Crippen LogP contribution in [0.1, 0.15) is 26.2 Å². The van der Waals surface area contributed by atoms with Crippen LogP contribution in [0.25, 0.3) is 0 Å². The summed E-state index contributed by atoms with van der Waals surface area (Å²) in [5.74, 6) is 0.782. The number of carbonyl (C=O) groups excluding carboxylic acids is 1. The summed E-state index contributed by atoms with van der Waals surface area (Å²) in [6.45, 7) is 4.44. The van der Waals surface area contributed by atoms with Crippen molar-refractivity contribution in [2.24, 2.45) is 5.92 Å². The van der Waals surface area contributed by atoms with Crippen molar-refractivity contribution in [1.29, 1.82) is 0 Å². The van der Waals surface area contributed by atoms with Gasteiger partial charge in [-0.25, -0.2) is 0 Å². The molecular formula is C14H27N3O2. The Morgan fingerprint density at radius 3 is 2.79 bits per heavy atom. The predicted molar refractivity (Wildman–Crippen MR) is 74.9 cm³/mol. The van der Waals surface area contributed by atoms with E-state index in [2.05, 4.69) is 17.1 Å². The molecule has 0 spiro atoms. The van der Waals surface area contributed by atoms with E-state index >= 15 is 0 Å². The minimum Gasteiger partial charge on any atom is -0.391 e. The van der Waals surface area contributed by atoms with Gasteiger partial charge in [-0.15, -0.1) is 0 Å². The molecule has 0 aromatic rings. The minimum atomic E-state index is -0.366. The summed E-state index contributed by atoms with van der Waals surface area (Å²) in [5, 5.41) is 13.2. The van der Waals surface area contributed by atoms with Crippen molar-refractivity contribution in [2.75, 3.05) is 33.7 Å². The molecule has 5 nitrogen and oxygen atoms in total. The largest absolute Gasteiger partial charge is 0.391 e. The molecule has 0 aliphatic carbocycles. The average molecular weight is 269 g/mol. The van der Waals surface area contributed by atoms with Gasteiger partial charge in [-0.1, -0.05) is 6.92 Å². The molecule has 2 fully saturated rings. The molecule has 4 unspecified atom stereocenters. The lowest BCUT2D eigenvalue weighted by Gasteiger charge is -2.34. The molecule has 0 aromatic carbocycles. The van der Waals surface area contributed by atoms with E-state index in [1.807, 2.05) is 19.0 Å². The highest BCUT2D eigenvalue weighted by Gasteiger charge is 2.38. The fourth-order valence-corrected chi connectivity index (χ4v) is 3.25. The van der Waals surface area contributed by atoms with Gasteiger partial charge in [0.2, 0.25) is 5.91 Å². The number of nitrogens with zero attached hydrogens (tertiary/aromatic N) is 2. The Morgan fingerprint density at radius 2 is 2.16 bits per heavy atom. The zero-order valence-electron chi connectivity index (χ0n) is 12.3. The number of β-amino-alcohol motifs (C(OH)–C–C–N with tert-alkyl or cyclic N) is 1. The maximum Gasteiger partial charge on any atom is 0.240 e. The van der Waals surface area contributed by atoms with Gasteiger partial charge in [0, 0.05) is 19.1 Å². The van der Waals surface area contributed by atoms with Crippen LogP contribution in [0.3, 0.4) is 0 Å². The summed E-state index contributed by atoms with van der Waals surface area (Å²) in [6, 6.07) is 0.0928. The van der Waals surface area contributed by atoms with Crippen molar-refractivity contribution in [2.45, 2.75) is 44.4 Å². The molecule has 1 amide bonds. The van der Waals surface area contributed by atoms with Gasteiger partial charge in [0.1, 0.15) is 0 Å². The molecule has 2 heterocycles. The Labute approximate surface area is 115 Å². The molecule has 0 radical (unpaired) electrons. The zero-order chi connectivity index (χ0) is 14.0. The van der Waals surface area contributed by atoms with Crippen LogP contribution in [0, 0.1) is 5.92 Å². The maximum atomic E-state index is 12.6. The highest BCUT2D eigenvalue weighted by molar-refractivity contribution is 5.82. The van der Waals surface area contributed by atoms with Crippen LogP contribution in [0.4, 0.5) is 0 Å². The Kier molecular flexibility index (Phi) is 4.81.